The van der Waals surface area contributed by atoms with Crippen molar-refractivity contribution < 1.29 is 4.79 Å². The Kier molecular flexibility index (Phi) is 3.57. The number of carbonyl (C=O) groups excluding carboxylic acids is 1. The molecule has 1 amide bonds. The van der Waals surface area contributed by atoms with E-state index in [2.05, 4.69) is 17.2 Å². The molecule has 0 aliphatic carbocycles. The number of hydrogen-bond donors (Lipinski definition) is 2. The van der Waals surface area contributed by atoms with Crippen LogP contribution in [0.3, 0.4) is 0 Å². The van der Waals surface area contributed by atoms with Crippen LogP contribution in [-0.4, -0.2) is 10.9 Å². The predicted molar refractivity (Wildman–Crippen MR) is 71.2 cm³/mol. The number of anilines is 1. The van der Waals surface area contributed by atoms with Gasteiger partial charge >= 0.3 is 0 Å². The largest absolute Gasteiger partial charge is 0.379 e. The number of nitrogens with one attached hydrogen (secondary N) is 1. The molecule has 1 unspecified atom stereocenters. The van der Waals surface area contributed by atoms with Crippen molar-refractivity contribution in [1.82, 2.24) is 4.98 Å². The molecular weight excluding hydrogens is 226 g/mol. The summed E-state index contributed by atoms with van der Waals surface area (Å²) < 4.78 is 0. The molecule has 1 aromatic heterocycles. The van der Waals surface area contributed by atoms with Crippen LogP contribution in [-0.2, 0) is 0 Å². The van der Waals surface area contributed by atoms with E-state index in [1.165, 1.54) is 0 Å². The quantitative estimate of drug-likeness (QED) is 0.863. The summed E-state index contributed by atoms with van der Waals surface area (Å²) in [6, 6.07) is 11.2. The first-order valence-corrected chi connectivity index (χ1v) is 5.73. The molecule has 0 saturated carbocycles. The Bertz CT molecular complexity index is 522. The van der Waals surface area contributed by atoms with Crippen molar-refractivity contribution in [2.45, 2.75) is 13.0 Å². The van der Waals surface area contributed by atoms with Gasteiger partial charge in [0.05, 0.1) is 0 Å². The van der Waals surface area contributed by atoms with Crippen molar-refractivity contribution in [2.75, 3.05) is 5.32 Å². The highest BCUT2D eigenvalue weighted by Gasteiger charge is 2.05. The first kappa shape index (κ1) is 12.1. The zero-order valence-electron chi connectivity index (χ0n) is 10.1. The van der Waals surface area contributed by atoms with E-state index in [-0.39, 0.29) is 6.04 Å². The van der Waals surface area contributed by atoms with E-state index in [4.69, 9.17) is 5.73 Å². The molecule has 3 N–H and O–H groups in total. The number of nitrogens with zero attached hydrogens (tertiary/aromatic N) is 1. The van der Waals surface area contributed by atoms with Crippen LogP contribution in [0.2, 0.25) is 0 Å². The van der Waals surface area contributed by atoms with Crippen LogP contribution >= 0.6 is 0 Å². The number of hydrogen-bond acceptors (Lipinski definition) is 3. The van der Waals surface area contributed by atoms with Gasteiger partial charge in [-0.15, -0.1) is 0 Å². The van der Waals surface area contributed by atoms with Crippen molar-refractivity contribution in [3.8, 4) is 0 Å². The number of aromatic nitrogens is 1. The Morgan fingerprint density at radius 2 is 1.78 bits per heavy atom. The highest BCUT2D eigenvalue weighted by Crippen LogP contribution is 2.18. The third kappa shape index (κ3) is 2.85. The first-order valence-electron chi connectivity index (χ1n) is 5.73. The number of nitrogens with two attached hydrogens (primary N) is 1. The maximum Gasteiger partial charge on any atom is 0.248 e. The molecule has 0 spiro atoms. The van der Waals surface area contributed by atoms with Gasteiger partial charge in [-0.25, -0.2) is 0 Å². The third-order valence-electron chi connectivity index (χ3n) is 2.76. The van der Waals surface area contributed by atoms with Gasteiger partial charge in [0.25, 0.3) is 0 Å². The summed E-state index contributed by atoms with van der Waals surface area (Å²) in [5, 5.41) is 3.34. The zero-order chi connectivity index (χ0) is 13.0. The van der Waals surface area contributed by atoms with E-state index in [0.717, 1.165) is 11.3 Å². The van der Waals surface area contributed by atoms with Crippen molar-refractivity contribution >= 4 is 11.6 Å². The lowest BCUT2D eigenvalue weighted by Crippen LogP contribution is -2.11. The van der Waals surface area contributed by atoms with Crippen molar-refractivity contribution in [1.29, 1.82) is 0 Å². The van der Waals surface area contributed by atoms with Crippen LogP contribution in [0.5, 0.6) is 0 Å². The van der Waals surface area contributed by atoms with Gasteiger partial charge in [-0.05, 0) is 48.9 Å². The van der Waals surface area contributed by atoms with Crippen molar-refractivity contribution in [3.63, 3.8) is 0 Å². The lowest BCUT2D eigenvalue weighted by molar-refractivity contribution is 0.100. The van der Waals surface area contributed by atoms with Crippen LogP contribution in [0, 0.1) is 0 Å². The van der Waals surface area contributed by atoms with Gasteiger partial charge < -0.3 is 11.1 Å². The van der Waals surface area contributed by atoms with Gasteiger partial charge in [-0.1, -0.05) is 0 Å². The second-order valence-corrected chi connectivity index (χ2v) is 4.09. The number of amides is 1. The van der Waals surface area contributed by atoms with Gasteiger partial charge in [-0.2, -0.15) is 0 Å². The Hall–Kier alpha value is -2.36. The second kappa shape index (κ2) is 5.31. The minimum absolute atomic E-state index is 0.174. The van der Waals surface area contributed by atoms with Crippen molar-refractivity contribution in [2.24, 2.45) is 5.73 Å². The molecule has 0 aliphatic heterocycles. The molecule has 4 nitrogen and oxygen atoms in total. The summed E-state index contributed by atoms with van der Waals surface area (Å²) in [6.45, 7) is 2.07. The standard InChI is InChI=1S/C14H15N3O/c1-10(11-6-8-16-9-7-11)17-13-4-2-12(3-5-13)14(15)18/h2-10,17H,1H3,(H2,15,18). The highest BCUT2D eigenvalue weighted by molar-refractivity contribution is 5.93. The summed E-state index contributed by atoms with van der Waals surface area (Å²) in [6.07, 6.45) is 3.54. The van der Waals surface area contributed by atoms with E-state index in [1.54, 1.807) is 24.5 Å². The normalized spacial score (nSPS) is 11.8. The predicted octanol–water partition coefficient (Wildman–Crippen LogP) is 2.35. The van der Waals surface area contributed by atoms with Crippen LogP contribution < -0.4 is 11.1 Å². The Labute approximate surface area is 106 Å². The fourth-order valence-corrected chi connectivity index (χ4v) is 1.72. The third-order valence-corrected chi connectivity index (χ3v) is 2.76. The smallest absolute Gasteiger partial charge is 0.248 e. The number of primary amides is 1. The number of pyridine rings is 1. The van der Waals surface area contributed by atoms with Gasteiger partial charge in [-0.3, -0.25) is 9.78 Å². The number of carbonyl (C=O) groups is 1. The average Bonchev–Trinajstić information content (AvgIpc) is 2.40. The maximum absolute atomic E-state index is 11.0. The van der Waals surface area contributed by atoms with E-state index in [1.807, 2.05) is 24.3 Å². The molecule has 4 heteroatoms. The Balaban J connectivity index is 2.08. The molecule has 1 atom stereocenters. The Morgan fingerprint density at radius 3 is 2.33 bits per heavy atom. The summed E-state index contributed by atoms with van der Waals surface area (Å²) in [5.74, 6) is -0.413. The molecule has 0 fully saturated rings. The van der Waals surface area contributed by atoms with Gasteiger partial charge in [0.1, 0.15) is 0 Å². The van der Waals surface area contributed by atoms with Crippen LogP contribution in [0.15, 0.2) is 48.8 Å². The molecule has 18 heavy (non-hydrogen) atoms. The number of rotatable bonds is 4. The SMILES string of the molecule is CC(Nc1ccc(C(N)=O)cc1)c1ccncc1. The molecule has 0 aliphatic rings. The molecule has 1 aromatic carbocycles. The van der Waals surface area contributed by atoms with Crippen LogP contribution in [0.4, 0.5) is 5.69 Å². The molecule has 2 aromatic rings. The minimum atomic E-state index is -0.413. The van der Waals surface area contributed by atoms with Crippen LogP contribution in [0.1, 0.15) is 28.9 Å². The summed E-state index contributed by atoms with van der Waals surface area (Å²) in [4.78, 5) is 14.9. The zero-order valence-corrected chi connectivity index (χ0v) is 10.1. The second-order valence-electron chi connectivity index (χ2n) is 4.09. The number of benzene rings is 1. The highest BCUT2D eigenvalue weighted by atomic mass is 16.1. The van der Waals surface area contributed by atoms with Crippen LogP contribution in [0.25, 0.3) is 0 Å². The molecule has 0 saturated heterocycles. The summed E-state index contributed by atoms with van der Waals surface area (Å²) in [5.41, 5.74) is 7.81. The van der Waals surface area contributed by atoms with Gasteiger partial charge in [0, 0.05) is 29.7 Å². The molecular formula is C14H15N3O. The Morgan fingerprint density at radius 1 is 1.17 bits per heavy atom. The van der Waals surface area contributed by atoms with Gasteiger partial charge in [0.2, 0.25) is 5.91 Å². The topological polar surface area (TPSA) is 68.0 Å². The van der Waals surface area contributed by atoms with Gasteiger partial charge in [0.15, 0.2) is 0 Å². The van der Waals surface area contributed by atoms with E-state index < -0.39 is 5.91 Å². The average molecular weight is 241 g/mol. The molecule has 2 rings (SSSR count). The van der Waals surface area contributed by atoms with E-state index in [0.29, 0.717) is 5.56 Å². The molecule has 1 heterocycles. The van der Waals surface area contributed by atoms with E-state index >= 15 is 0 Å². The molecule has 0 bridgehead atoms. The van der Waals surface area contributed by atoms with Crippen molar-refractivity contribution in [3.05, 3.63) is 59.9 Å². The fraction of sp³-hybridized carbons (Fsp3) is 0.143. The summed E-state index contributed by atoms with van der Waals surface area (Å²) in [7, 11) is 0. The monoisotopic (exact) mass is 241 g/mol. The lowest BCUT2D eigenvalue weighted by Gasteiger charge is -2.15. The fourth-order valence-electron chi connectivity index (χ4n) is 1.72. The molecule has 92 valence electrons. The maximum atomic E-state index is 11.0. The summed E-state index contributed by atoms with van der Waals surface area (Å²) >= 11 is 0. The van der Waals surface area contributed by atoms with E-state index in [9.17, 15) is 4.79 Å². The minimum Gasteiger partial charge on any atom is -0.379 e. The first-order chi connectivity index (χ1) is 8.66. The molecule has 0 radical (unpaired) electrons. The lowest BCUT2D eigenvalue weighted by atomic mass is 10.1.